The molecule has 21 heavy (non-hydrogen) atoms. The Morgan fingerprint density at radius 3 is 2.71 bits per heavy atom. The Labute approximate surface area is 124 Å². The molecule has 2 saturated heterocycles. The molecule has 3 aliphatic rings. The molecule has 1 aromatic heterocycles. The quantitative estimate of drug-likeness (QED) is 0.823. The van der Waals surface area contributed by atoms with E-state index in [-0.39, 0.29) is 23.3 Å². The van der Waals surface area contributed by atoms with Crippen molar-refractivity contribution >= 4 is 10.0 Å². The van der Waals surface area contributed by atoms with Crippen molar-refractivity contribution in [3.63, 3.8) is 0 Å². The highest BCUT2D eigenvalue weighted by atomic mass is 32.2. The summed E-state index contributed by atoms with van der Waals surface area (Å²) >= 11 is 0. The average molecular weight is 312 g/mol. The highest BCUT2D eigenvalue weighted by Gasteiger charge is 2.43. The molecule has 2 aliphatic heterocycles. The van der Waals surface area contributed by atoms with Gasteiger partial charge in [-0.2, -0.15) is 0 Å². The lowest BCUT2D eigenvalue weighted by Gasteiger charge is -2.19. The van der Waals surface area contributed by atoms with E-state index in [9.17, 15) is 8.42 Å². The molecule has 116 valence electrons. The number of ether oxygens (including phenoxy) is 1. The third kappa shape index (κ3) is 2.88. The summed E-state index contributed by atoms with van der Waals surface area (Å²) in [5.74, 6) is 0.659. The SMILES string of the molecule is O=S(=O)(NC1CC2CCC1O2)c1ccc(CNC2CC2)o1. The van der Waals surface area contributed by atoms with Gasteiger partial charge in [0.05, 0.1) is 24.8 Å². The maximum absolute atomic E-state index is 12.3. The molecule has 1 saturated carbocycles. The standard InChI is InChI=1S/C14H20N2O4S/c17-21(18,16-12-7-10-3-5-13(12)19-10)14-6-4-11(20-14)8-15-9-1-2-9/h4,6,9-10,12-13,15-16H,1-3,5,7-8H2. The lowest BCUT2D eigenvalue weighted by Crippen LogP contribution is -2.41. The summed E-state index contributed by atoms with van der Waals surface area (Å²) in [6.45, 7) is 0.581. The molecule has 7 heteroatoms. The van der Waals surface area contributed by atoms with E-state index >= 15 is 0 Å². The Kier molecular flexibility index (Phi) is 3.33. The van der Waals surface area contributed by atoms with Gasteiger partial charge in [-0.05, 0) is 44.2 Å². The van der Waals surface area contributed by atoms with Crippen molar-refractivity contribution in [2.45, 2.75) is 68.0 Å². The van der Waals surface area contributed by atoms with E-state index in [1.165, 1.54) is 18.9 Å². The molecule has 1 aliphatic carbocycles. The molecule has 0 radical (unpaired) electrons. The first-order valence-corrected chi connectivity index (χ1v) is 9.08. The number of hydrogen-bond acceptors (Lipinski definition) is 5. The van der Waals surface area contributed by atoms with Crippen molar-refractivity contribution in [2.24, 2.45) is 0 Å². The molecular weight excluding hydrogens is 292 g/mol. The van der Waals surface area contributed by atoms with Crippen LogP contribution in [0.3, 0.4) is 0 Å². The summed E-state index contributed by atoms with van der Waals surface area (Å²) in [5, 5.41) is 3.30. The van der Waals surface area contributed by atoms with Crippen LogP contribution < -0.4 is 10.0 Å². The number of hydrogen-bond donors (Lipinski definition) is 2. The summed E-state index contributed by atoms with van der Waals surface area (Å²) in [5.41, 5.74) is 0. The number of nitrogens with one attached hydrogen (secondary N) is 2. The smallest absolute Gasteiger partial charge is 0.274 e. The third-order valence-electron chi connectivity index (χ3n) is 4.46. The van der Waals surface area contributed by atoms with Crippen molar-refractivity contribution in [1.29, 1.82) is 0 Å². The van der Waals surface area contributed by atoms with Gasteiger partial charge >= 0.3 is 0 Å². The number of sulfonamides is 1. The van der Waals surface area contributed by atoms with Gasteiger partial charge in [0.25, 0.3) is 10.0 Å². The minimum atomic E-state index is -3.59. The summed E-state index contributed by atoms with van der Waals surface area (Å²) in [6.07, 6.45) is 5.37. The molecular formula is C14H20N2O4S. The Balaban J connectivity index is 1.41. The zero-order chi connectivity index (χ0) is 14.4. The second-order valence-corrected chi connectivity index (χ2v) is 7.86. The first-order chi connectivity index (χ1) is 10.1. The second-order valence-electron chi connectivity index (χ2n) is 6.21. The molecule has 2 N–H and O–H groups in total. The van der Waals surface area contributed by atoms with Gasteiger partial charge in [0, 0.05) is 6.04 Å². The molecule has 1 aromatic rings. The predicted octanol–water partition coefficient (Wildman–Crippen LogP) is 1.13. The molecule has 3 heterocycles. The maximum atomic E-state index is 12.3. The monoisotopic (exact) mass is 312 g/mol. The van der Waals surface area contributed by atoms with E-state index in [1.807, 2.05) is 0 Å². The zero-order valence-corrected chi connectivity index (χ0v) is 12.6. The van der Waals surface area contributed by atoms with E-state index in [0.717, 1.165) is 19.3 Å². The van der Waals surface area contributed by atoms with E-state index in [0.29, 0.717) is 18.3 Å². The minimum absolute atomic E-state index is 0.00197. The minimum Gasteiger partial charge on any atom is -0.447 e. The van der Waals surface area contributed by atoms with Crippen LogP contribution in [0, 0.1) is 0 Å². The Hall–Kier alpha value is -0.890. The van der Waals surface area contributed by atoms with Gasteiger partial charge in [-0.1, -0.05) is 0 Å². The molecule has 3 atom stereocenters. The molecule has 3 fully saturated rings. The van der Waals surface area contributed by atoms with Crippen molar-refractivity contribution in [1.82, 2.24) is 10.0 Å². The highest BCUT2D eigenvalue weighted by molar-refractivity contribution is 7.89. The predicted molar refractivity (Wildman–Crippen MR) is 75.2 cm³/mol. The lowest BCUT2D eigenvalue weighted by atomic mass is 9.96. The zero-order valence-electron chi connectivity index (χ0n) is 11.7. The summed E-state index contributed by atoms with van der Waals surface area (Å²) in [6, 6.07) is 3.70. The molecule has 0 spiro atoms. The van der Waals surface area contributed by atoms with E-state index in [4.69, 9.17) is 9.15 Å². The highest BCUT2D eigenvalue weighted by Crippen LogP contribution is 2.35. The lowest BCUT2D eigenvalue weighted by molar-refractivity contribution is 0.0995. The third-order valence-corrected chi connectivity index (χ3v) is 5.82. The van der Waals surface area contributed by atoms with Gasteiger partial charge in [-0.15, -0.1) is 0 Å². The van der Waals surface area contributed by atoms with Crippen LogP contribution in [-0.2, 0) is 21.3 Å². The Bertz CT molecular complexity index is 623. The Morgan fingerprint density at radius 1 is 1.19 bits per heavy atom. The maximum Gasteiger partial charge on any atom is 0.274 e. The van der Waals surface area contributed by atoms with Crippen LogP contribution in [-0.4, -0.2) is 32.7 Å². The van der Waals surface area contributed by atoms with Crippen LogP contribution in [0.4, 0.5) is 0 Å². The normalized spacial score (nSPS) is 31.9. The molecule has 2 bridgehead atoms. The van der Waals surface area contributed by atoms with Crippen LogP contribution >= 0.6 is 0 Å². The average Bonchev–Trinajstić information content (AvgIpc) is 2.89. The fourth-order valence-corrected chi connectivity index (χ4v) is 4.38. The van der Waals surface area contributed by atoms with Crippen LogP contribution in [0.25, 0.3) is 0 Å². The second kappa shape index (κ2) is 5.08. The largest absolute Gasteiger partial charge is 0.447 e. The van der Waals surface area contributed by atoms with Gasteiger partial charge < -0.3 is 14.5 Å². The molecule has 0 aromatic carbocycles. The summed E-state index contributed by atoms with van der Waals surface area (Å²) < 4.78 is 38.6. The van der Waals surface area contributed by atoms with Gasteiger partial charge in [0.15, 0.2) is 0 Å². The first kappa shape index (κ1) is 13.8. The fourth-order valence-electron chi connectivity index (χ4n) is 3.15. The van der Waals surface area contributed by atoms with E-state index < -0.39 is 10.0 Å². The fraction of sp³-hybridized carbons (Fsp3) is 0.714. The number of rotatable bonds is 6. The van der Waals surface area contributed by atoms with Gasteiger partial charge in [-0.3, -0.25) is 0 Å². The van der Waals surface area contributed by atoms with Crippen molar-refractivity contribution in [3.8, 4) is 0 Å². The molecule has 0 amide bonds. The summed E-state index contributed by atoms with van der Waals surface area (Å²) in [4.78, 5) is 0. The van der Waals surface area contributed by atoms with E-state index in [2.05, 4.69) is 10.0 Å². The van der Waals surface area contributed by atoms with Gasteiger partial charge in [0.1, 0.15) is 5.76 Å². The topological polar surface area (TPSA) is 80.6 Å². The van der Waals surface area contributed by atoms with Crippen molar-refractivity contribution in [2.75, 3.05) is 0 Å². The summed E-state index contributed by atoms with van der Waals surface area (Å²) in [7, 11) is -3.59. The van der Waals surface area contributed by atoms with Crippen molar-refractivity contribution in [3.05, 3.63) is 17.9 Å². The van der Waals surface area contributed by atoms with E-state index in [1.54, 1.807) is 6.07 Å². The molecule has 6 nitrogen and oxygen atoms in total. The van der Waals surface area contributed by atoms with Gasteiger partial charge in [-0.25, -0.2) is 13.1 Å². The molecule has 3 unspecified atom stereocenters. The van der Waals surface area contributed by atoms with Crippen molar-refractivity contribution < 1.29 is 17.6 Å². The Morgan fingerprint density at radius 2 is 2.05 bits per heavy atom. The van der Waals surface area contributed by atoms with Crippen LogP contribution in [0.1, 0.15) is 37.9 Å². The number of fused-ring (bicyclic) bond motifs is 2. The van der Waals surface area contributed by atoms with Crippen LogP contribution in [0.15, 0.2) is 21.6 Å². The van der Waals surface area contributed by atoms with Crippen LogP contribution in [0.2, 0.25) is 0 Å². The number of furan rings is 1. The van der Waals surface area contributed by atoms with Crippen LogP contribution in [0.5, 0.6) is 0 Å². The first-order valence-electron chi connectivity index (χ1n) is 7.60. The van der Waals surface area contributed by atoms with Gasteiger partial charge in [0.2, 0.25) is 5.09 Å². The molecule has 4 rings (SSSR count).